The molecule has 0 aliphatic heterocycles. The van der Waals surface area contributed by atoms with Crippen molar-refractivity contribution in [3.63, 3.8) is 0 Å². The molecular formula is C14H18FN5O. The Hall–Kier alpha value is -2.02. The Kier molecular flexibility index (Phi) is 3.59. The van der Waals surface area contributed by atoms with E-state index >= 15 is 0 Å². The van der Waals surface area contributed by atoms with E-state index in [1.54, 1.807) is 11.8 Å². The summed E-state index contributed by atoms with van der Waals surface area (Å²) in [5.41, 5.74) is 7.11. The van der Waals surface area contributed by atoms with Crippen LogP contribution < -0.4 is 5.73 Å². The summed E-state index contributed by atoms with van der Waals surface area (Å²) in [5, 5.41) is 11.8. The first kappa shape index (κ1) is 13.9. The minimum atomic E-state index is -0.353. The molecule has 1 aromatic carbocycles. The van der Waals surface area contributed by atoms with Crippen LogP contribution in [0.4, 0.5) is 10.1 Å². The van der Waals surface area contributed by atoms with Gasteiger partial charge < -0.3 is 10.5 Å². The molecule has 0 saturated heterocycles. The number of hydrogen-bond donors (Lipinski definition) is 1. The summed E-state index contributed by atoms with van der Waals surface area (Å²) < 4.78 is 20.3. The lowest BCUT2D eigenvalue weighted by molar-refractivity contribution is 0.165. The van der Waals surface area contributed by atoms with E-state index in [-0.39, 0.29) is 11.2 Å². The molecule has 1 heterocycles. The van der Waals surface area contributed by atoms with Crippen molar-refractivity contribution in [2.24, 2.45) is 5.41 Å². The lowest BCUT2D eigenvalue weighted by Crippen LogP contribution is -2.16. The molecule has 2 aromatic rings. The normalized spacial score (nSPS) is 16.1. The zero-order valence-corrected chi connectivity index (χ0v) is 11.9. The number of benzene rings is 1. The lowest BCUT2D eigenvalue weighted by Gasteiger charge is -2.15. The highest BCUT2D eigenvalue weighted by Gasteiger charge is 2.43. The molecule has 2 N–H and O–H groups in total. The van der Waals surface area contributed by atoms with E-state index in [1.165, 1.54) is 18.2 Å². The molecule has 1 saturated carbocycles. The summed E-state index contributed by atoms with van der Waals surface area (Å²) >= 11 is 0. The van der Waals surface area contributed by atoms with Gasteiger partial charge in [0.15, 0.2) is 5.82 Å². The monoisotopic (exact) mass is 291 g/mol. The number of ether oxygens (including phenoxy) is 1. The van der Waals surface area contributed by atoms with Crippen LogP contribution in [0.1, 0.15) is 19.3 Å². The Bertz CT molecular complexity index is 638. The first-order chi connectivity index (χ1) is 10.1. The maximum Gasteiger partial charge on any atom is 0.184 e. The number of nitrogens with zero attached hydrogens (tertiary/aromatic N) is 4. The molecule has 1 fully saturated rings. The summed E-state index contributed by atoms with van der Waals surface area (Å²) in [6, 6.07) is 4.22. The Morgan fingerprint density at radius 3 is 2.95 bits per heavy atom. The van der Waals surface area contributed by atoms with Crippen molar-refractivity contribution in [3.8, 4) is 11.4 Å². The standard InChI is InChI=1S/C14H18FN5O/c1-21-7-6-14(4-5-14)9-20-13(17-18-19-20)11-8-10(15)2-3-12(11)16/h2-3,8H,4-7,9,16H2,1H3. The Balaban J connectivity index is 1.86. The molecule has 0 amide bonds. The predicted molar refractivity (Wildman–Crippen MR) is 75.8 cm³/mol. The van der Waals surface area contributed by atoms with Crippen LogP contribution in [0.25, 0.3) is 11.4 Å². The summed E-state index contributed by atoms with van der Waals surface area (Å²) in [6.07, 6.45) is 3.24. The molecule has 0 bridgehead atoms. The van der Waals surface area contributed by atoms with Crippen molar-refractivity contribution in [3.05, 3.63) is 24.0 Å². The summed E-state index contributed by atoms with van der Waals surface area (Å²) in [4.78, 5) is 0. The largest absolute Gasteiger partial charge is 0.398 e. The van der Waals surface area contributed by atoms with Crippen molar-refractivity contribution >= 4 is 5.69 Å². The third-order valence-electron chi connectivity index (χ3n) is 4.07. The van der Waals surface area contributed by atoms with Gasteiger partial charge in [0.25, 0.3) is 0 Å². The topological polar surface area (TPSA) is 78.8 Å². The van der Waals surface area contributed by atoms with Gasteiger partial charge in [-0.1, -0.05) is 0 Å². The molecule has 7 heteroatoms. The Morgan fingerprint density at radius 1 is 1.43 bits per heavy atom. The maximum absolute atomic E-state index is 13.4. The van der Waals surface area contributed by atoms with Crippen molar-refractivity contribution in [1.29, 1.82) is 0 Å². The van der Waals surface area contributed by atoms with Crippen LogP contribution >= 0.6 is 0 Å². The van der Waals surface area contributed by atoms with Gasteiger partial charge in [-0.25, -0.2) is 9.07 Å². The summed E-state index contributed by atoms with van der Waals surface area (Å²) in [6.45, 7) is 1.42. The number of nitrogen functional groups attached to an aromatic ring is 1. The number of aromatic nitrogens is 4. The van der Waals surface area contributed by atoms with Gasteiger partial charge in [-0.2, -0.15) is 0 Å². The number of hydrogen-bond acceptors (Lipinski definition) is 5. The fourth-order valence-corrected chi connectivity index (χ4v) is 2.53. The van der Waals surface area contributed by atoms with Crippen LogP contribution in [0.5, 0.6) is 0 Å². The second-order valence-electron chi connectivity index (χ2n) is 5.63. The maximum atomic E-state index is 13.4. The van der Waals surface area contributed by atoms with Crippen LogP contribution in [0, 0.1) is 11.2 Å². The van der Waals surface area contributed by atoms with Crippen LogP contribution in [0.3, 0.4) is 0 Å². The number of halogens is 1. The highest BCUT2D eigenvalue weighted by Crippen LogP contribution is 2.50. The Morgan fingerprint density at radius 2 is 2.24 bits per heavy atom. The molecule has 0 atom stereocenters. The van der Waals surface area contributed by atoms with E-state index < -0.39 is 0 Å². The number of nitrogens with two attached hydrogens (primary N) is 1. The molecule has 1 aliphatic carbocycles. The molecule has 0 spiro atoms. The van der Waals surface area contributed by atoms with Gasteiger partial charge in [0.1, 0.15) is 5.82 Å². The minimum Gasteiger partial charge on any atom is -0.398 e. The van der Waals surface area contributed by atoms with Crippen molar-refractivity contribution < 1.29 is 9.13 Å². The third-order valence-corrected chi connectivity index (χ3v) is 4.07. The minimum absolute atomic E-state index is 0.197. The van der Waals surface area contributed by atoms with Gasteiger partial charge in [0.05, 0.1) is 6.54 Å². The molecule has 112 valence electrons. The molecule has 6 nitrogen and oxygen atoms in total. The van der Waals surface area contributed by atoms with Gasteiger partial charge in [-0.15, -0.1) is 5.10 Å². The second-order valence-corrected chi connectivity index (χ2v) is 5.63. The number of rotatable bonds is 6. The van der Waals surface area contributed by atoms with Crippen molar-refractivity contribution in [1.82, 2.24) is 20.2 Å². The first-order valence-electron chi connectivity index (χ1n) is 6.94. The highest BCUT2D eigenvalue weighted by molar-refractivity contribution is 5.71. The zero-order valence-electron chi connectivity index (χ0n) is 11.9. The van der Waals surface area contributed by atoms with Gasteiger partial charge in [-0.05, 0) is 53.3 Å². The van der Waals surface area contributed by atoms with E-state index in [4.69, 9.17) is 10.5 Å². The van der Waals surface area contributed by atoms with Crippen LogP contribution in [0.2, 0.25) is 0 Å². The van der Waals surface area contributed by atoms with Gasteiger partial charge in [0.2, 0.25) is 0 Å². The SMILES string of the molecule is COCCC1(Cn2nnnc2-c2cc(F)ccc2N)CC1. The molecular weight excluding hydrogens is 273 g/mol. The summed E-state index contributed by atoms with van der Waals surface area (Å²) in [7, 11) is 1.70. The average Bonchev–Trinajstić information content (AvgIpc) is 3.08. The number of tetrazole rings is 1. The fourth-order valence-electron chi connectivity index (χ4n) is 2.53. The summed E-state index contributed by atoms with van der Waals surface area (Å²) in [5.74, 6) is 0.157. The Labute approximate surface area is 122 Å². The molecule has 21 heavy (non-hydrogen) atoms. The third kappa shape index (κ3) is 2.87. The number of anilines is 1. The quantitative estimate of drug-likeness (QED) is 0.822. The van der Waals surface area contributed by atoms with E-state index in [0.717, 1.165) is 25.9 Å². The van der Waals surface area contributed by atoms with Crippen LogP contribution in [-0.2, 0) is 11.3 Å². The van der Waals surface area contributed by atoms with Crippen molar-refractivity contribution in [2.75, 3.05) is 19.5 Å². The zero-order chi connectivity index (χ0) is 14.9. The first-order valence-corrected chi connectivity index (χ1v) is 6.94. The molecule has 1 aliphatic rings. The fraction of sp³-hybridized carbons (Fsp3) is 0.500. The predicted octanol–water partition coefficient (Wildman–Crippen LogP) is 1.88. The highest BCUT2D eigenvalue weighted by atomic mass is 19.1. The average molecular weight is 291 g/mol. The van der Waals surface area contributed by atoms with Crippen molar-refractivity contribution in [2.45, 2.75) is 25.8 Å². The van der Waals surface area contributed by atoms with Gasteiger partial charge in [-0.3, -0.25) is 0 Å². The van der Waals surface area contributed by atoms with E-state index in [0.29, 0.717) is 23.6 Å². The molecule has 0 radical (unpaired) electrons. The van der Waals surface area contributed by atoms with E-state index in [2.05, 4.69) is 15.5 Å². The second kappa shape index (κ2) is 5.40. The molecule has 1 aromatic heterocycles. The van der Waals surface area contributed by atoms with Crippen LogP contribution in [-0.4, -0.2) is 33.9 Å². The molecule has 0 unspecified atom stereocenters. The van der Waals surface area contributed by atoms with Gasteiger partial charge >= 0.3 is 0 Å². The van der Waals surface area contributed by atoms with Gasteiger partial charge in [0, 0.05) is 25.0 Å². The lowest BCUT2D eigenvalue weighted by atomic mass is 10.0. The van der Waals surface area contributed by atoms with Crippen LogP contribution in [0.15, 0.2) is 18.2 Å². The number of methoxy groups -OCH3 is 1. The smallest absolute Gasteiger partial charge is 0.184 e. The van der Waals surface area contributed by atoms with E-state index in [9.17, 15) is 4.39 Å². The molecule has 3 rings (SSSR count). The van der Waals surface area contributed by atoms with E-state index in [1.807, 2.05) is 0 Å².